The second kappa shape index (κ2) is 11.4. The van der Waals surface area contributed by atoms with Crippen LogP contribution < -0.4 is 9.64 Å². The van der Waals surface area contributed by atoms with Gasteiger partial charge in [-0.05, 0) is 80.1 Å². The molecule has 6 rings (SSSR count). The Hall–Kier alpha value is -3.36. The largest absolute Gasteiger partial charge is 0.497 e. The van der Waals surface area contributed by atoms with Crippen molar-refractivity contribution in [2.45, 2.75) is 19.4 Å². The number of carbonyl (C=O) groups is 1. The van der Waals surface area contributed by atoms with Crippen LogP contribution in [0.15, 0.2) is 77.3 Å². The van der Waals surface area contributed by atoms with Crippen LogP contribution in [0.4, 0.5) is 5.69 Å². The van der Waals surface area contributed by atoms with Crippen LogP contribution in [0, 0.1) is 5.92 Å². The van der Waals surface area contributed by atoms with Gasteiger partial charge in [-0.2, -0.15) is 0 Å². The van der Waals surface area contributed by atoms with E-state index in [4.69, 9.17) is 9.72 Å². The van der Waals surface area contributed by atoms with Crippen molar-refractivity contribution >= 4 is 38.6 Å². The Kier molecular flexibility index (Phi) is 7.57. The number of rotatable bonds is 6. The molecule has 39 heavy (non-hydrogen) atoms. The molecule has 0 saturated carbocycles. The van der Waals surface area contributed by atoms with Crippen molar-refractivity contribution in [1.29, 1.82) is 0 Å². The number of carbonyl (C=O) groups excluding carboxylic acids is 1. The van der Waals surface area contributed by atoms with E-state index >= 15 is 0 Å². The Balaban J connectivity index is 1.12. The molecular weight excluding hydrogens is 554 g/mol. The summed E-state index contributed by atoms with van der Waals surface area (Å²) in [5.74, 6) is 2.22. The number of nitrogens with zero attached hydrogens (tertiary/aromatic N) is 5. The standard InChI is InChI=1S/C31H34BrN5O2/c1-39-27-14-12-25(13-15-27)35-17-19-36(20-18-35)31(38)23-5-4-16-34(21-23)22-30-33-28-6-2-3-7-29(28)37(30)26-10-8-24(32)9-11-26/h2-3,6-15,23H,4-5,16-22H2,1H3/t23-/m0/s1. The molecule has 0 spiro atoms. The predicted octanol–water partition coefficient (Wildman–Crippen LogP) is 5.36. The van der Waals surface area contributed by atoms with Crippen LogP contribution in [0.3, 0.4) is 0 Å². The topological polar surface area (TPSA) is 53.8 Å². The van der Waals surface area contributed by atoms with E-state index in [-0.39, 0.29) is 5.92 Å². The molecule has 7 nitrogen and oxygen atoms in total. The molecule has 1 atom stereocenters. The van der Waals surface area contributed by atoms with Crippen molar-refractivity contribution in [3.05, 3.63) is 83.1 Å². The summed E-state index contributed by atoms with van der Waals surface area (Å²) < 4.78 is 8.60. The van der Waals surface area contributed by atoms with Gasteiger partial charge < -0.3 is 14.5 Å². The lowest BCUT2D eigenvalue weighted by Gasteiger charge is -2.39. The van der Waals surface area contributed by atoms with E-state index in [1.54, 1.807) is 7.11 Å². The number of aromatic nitrogens is 2. The lowest BCUT2D eigenvalue weighted by atomic mass is 9.96. The Morgan fingerprint density at radius 1 is 0.923 bits per heavy atom. The van der Waals surface area contributed by atoms with Gasteiger partial charge in [-0.25, -0.2) is 4.98 Å². The summed E-state index contributed by atoms with van der Waals surface area (Å²) in [6.07, 6.45) is 1.98. The molecule has 2 saturated heterocycles. The zero-order chi connectivity index (χ0) is 26.8. The van der Waals surface area contributed by atoms with Crippen LogP contribution in [0.25, 0.3) is 16.7 Å². The van der Waals surface area contributed by atoms with Crippen molar-refractivity contribution in [2.24, 2.45) is 5.92 Å². The highest BCUT2D eigenvalue weighted by molar-refractivity contribution is 9.10. The van der Waals surface area contributed by atoms with Gasteiger partial charge >= 0.3 is 0 Å². The molecule has 2 aliphatic heterocycles. The van der Waals surface area contributed by atoms with E-state index in [0.717, 1.165) is 91.4 Å². The molecule has 3 heterocycles. The van der Waals surface area contributed by atoms with Crippen LogP contribution in [0.5, 0.6) is 5.75 Å². The van der Waals surface area contributed by atoms with Gasteiger partial charge in [0.05, 0.1) is 30.6 Å². The Morgan fingerprint density at radius 2 is 1.64 bits per heavy atom. The highest BCUT2D eigenvalue weighted by Crippen LogP contribution is 2.27. The molecule has 0 radical (unpaired) electrons. The van der Waals surface area contributed by atoms with E-state index < -0.39 is 0 Å². The number of hydrogen-bond acceptors (Lipinski definition) is 5. The maximum Gasteiger partial charge on any atom is 0.227 e. The van der Waals surface area contributed by atoms with Gasteiger partial charge in [0.15, 0.2) is 0 Å². The number of ether oxygens (including phenoxy) is 1. The maximum atomic E-state index is 13.6. The van der Waals surface area contributed by atoms with Crippen molar-refractivity contribution < 1.29 is 9.53 Å². The number of para-hydroxylation sites is 2. The predicted molar refractivity (Wildman–Crippen MR) is 159 cm³/mol. The number of benzene rings is 3. The summed E-state index contributed by atoms with van der Waals surface area (Å²) in [6.45, 7) is 5.72. The summed E-state index contributed by atoms with van der Waals surface area (Å²) in [4.78, 5) is 25.4. The average molecular weight is 589 g/mol. The van der Waals surface area contributed by atoms with Crippen molar-refractivity contribution in [1.82, 2.24) is 19.4 Å². The van der Waals surface area contributed by atoms with Crippen LogP contribution in [0.2, 0.25) is 0 Å². The van der Waals surface area contributed by atoms with E-state index in [2.05, 4.69) is 89.8 Å². The third-order valence-corrected chi connectivity index (χ3v) is 8.49. The van der Waals surface area contributed by atoms with Gasteiger partial charge in [-0.1, -0.05) is 28.1 Å². The summed E-state index contributed by atoms with van der Waals surface area (Å²) in [5, 5.41) is 0. The molecular formula is C31H34BrN5O2. The number of halogens is 1. The fourth-order valence-electron chi connectivity index (χ4n) is 5.90. The quantitative estimate of drug-likeness (QED) is 0.304. The molecule has 8 heteroatoms. The molecule has 0 N–H and O–H groups in total. The second-order valence-corrected chi connectivity index (χ2v) is 11.3. The molecule has 4 aromatic rings. The Labute approximate surface area is 238 Å². The molecule has 0 unspecified atom stereocenters. The van der Waals surface area contributed by atoms with Crippen molar-refractivity contribution in [2.75, 3.05) is 51.3 Å². The van der Waals surface area contributed by atoms with Crippen molar-refractivity contribution in [3.8, 4) is 11.4 Å². The van der Waals surface area contributed by atoms with E-state index in [1.165, 1.54) is 5.69 Å². The normalized spacial score (nSPS) is 18.5. The van der Waals surface area contributed by atoms with Gasteiger partial charge in [-0.3, -0.25) is 14.3 Å². The number of piperidine rings is 1. The molecule has 0 aliphatic carbocycles. The number of fused-ring (bicyclic) bond motifs is 1. The Morgan fingerprint density at radius 3 is 2.38 bits per heavy atom. The first kappa shape index (κ1) is 25.9. The lowest BCUT2D eigenvalue weighted by Crippen LogP contribution is -2.52. The van der Waals surface area contributed by atoms with Crippen molar-refractivity contribution in [3.63, 3.8) is 0 Å². The molecule has 1 amide bonds. The fourth-order valence-corrected chi connectivity index (χ4v) is 6.16. The van der Waals surface area contributed by atoms with Gasteiger partial charge in [0.1, 0.15) is 11.6 Å². The minimum atomic E-state index is 0.0387. The second-order valence-electron chi connectivity index (χ2n) is 10.4. The number of hydrogen-bond donors (Lipinski definition) is 0. The summed E-state index contributed by atoms with van der Waals surface area (Å²) >= 11 is 3.55. The molecule has 2 aliphatic rings. The van der Waals surface area contributed by atoms with Gasteiger partial charge in [0.2, 0.25) is 5.91 Å². The zero-order valence-corrected chi connectivity index (χ0v) is 23.9. The smallest absolute Gasteiger partial charge is 0.227 e. The summed E-state index contributed by atoms with van der Waals surface area (Å²) in [7, 11) is 1.68. The zero-order valence-electron chi connectivity index (χ0n) is 22.3. The maximum absolute atomic E-state index is 13.6. The van der Waals surface area contributed by atoms with Gasteiger partial charge in [0, 0.05) is 48.6 Å². The van der Waals surface area contributed by atoms with Crippen LogP contribution >= 0.6 is 15.9 Å². The summed E-state index contributed by atoms with van der Waals surface area (Å²) in [5.41, 5.74) is 4.38. The third-order valence-electron chi connectivity index (χ3n) is 7.96. The number of amides is 1. The molecule has 202 valence electrons. The third kappa shape index (κ3) is 5.54. The highest BCUT2D eigenvalue weighted by atomic mass is 79.9. The van der Waals surface area contributed by atoms with Crippen LogP contribution in [-0.4, -0.2) is 71.6 Å². The molecule has 0 bridgehead atoms. The first-order chi connectivity index (χ1) is 19.1. The van der Waals surface area contributed by atoms with E-state index in [1.807, 2.05) is 18.2 Å². The SMILES string of the molecule is COc1ccc(N2CCN(C(=O)[C@H]3CCCN(Cc4nc5ccccc5n4-c4ccc(Br)cc4)C3)CC2)cc1. The summed E-state index contributed by atoms with van der Waals surface area (Å²) in [6, 6.07) is 24.9. The number of piperazine rings is 1. The molecule has 3 aromatic carbocycles. The molecule has 1 aromatic heterocycles. The molecule has 2 fully saturated rings. The average Bonchev–Trinajstić information content (AvgIpc) is 3.35. The van der Waals surface area contributed by atoms with Crippen LogP contribution in [0.1, 0.15) is 18.7 Å². The highest BCUT2D eigenvalue weighted by Gasteiger charge is 2.31. The number of anilines is 1. The van der Waals surface area contributed by atoms with Gasteiger partial charge in [0.25, 0.3) is 0 Å². The monoisotopic (exact) mass is 587 g/mol. The lowest BCUT2D eigenvalue weighted by molar-refractivity contribution is -0.137. The fraction of sp³-hybridized carbons (Fsp3) is 0.355. The minimum Gasteiger partial charge on any atom is -0.497 e. The minimum absolute atomic E-state index is 0.0387. The number of likely N-dealkylation sites (tertiary alicyclic amines) is 1. The van der Waals surface area contributed by atoms with E-state index in [9.17, 15) is 4.79 Å². The number of methoxy groups -OCH3 is 1. The van der Waals surface area contributed by atoms with E-state index in [0.29, 0.717) is 5.91 Å². The van der Waals surface area contributed by atoms with Crippen LogP contribution in [-0.2, 0) is 11.3 Å². The van der Waals surface area contributed by atoms with Gasteiger partial charge in [-0.15, -0.1) is 0 Å². The number of imidazole rings is 1. The Bertz CT molecular complexity index is 1430. The first-order valence-electron chi connectivity index (χ1n) is 13.7. The first-order valence-corrected chi connectivity index (χ1v) is 14.5.